The van der Waals surface area contributed by atoms with Gasteiger partial charge in [0, 0.05) is 18.7 Å². The number of anilines is 1. The molecule has 104 valence electrons. The van der Waals surface area contributed by atoms with Gasteiger partial charge < -0.3 is 15.0 Å². The second kappa shape index (κ2) is 5.43. The van der Waals surface area contributed by atoms with Crippen LogP contribution in [0, 0.1) is 11.6 Å². The van der Waals surface area contributed by atoms with Crippen LogP contribution in [0.25, 0.3) is 11.0 Å². The Bertz CT molecular complexity index is 585. The van der Waals surface area contributed by atoms with Gasteiger partial charge in [0.25, 0.3) is 6.43 Å². The topological polar surface area (TPSA) is 53.1 Å². The van der Waals surface area contributed by atoms with Gasteiger partial charge in [-0.2, -0.15) is 0 Å². The Labute approximate surface area is 105 Å². The zero-order valence-electron chi connectivity index (χ0n) is 9.75. The Morgan fingerprint density at radius 1 is 1.32 bits per heavy atom. The van der Waals surface area contributed by atoms with Crippen LogP contribution < -0.4 is 5.73 Å². The van der Waals surface area contributed by atoms with Crippen molar-refractivity contribution < 1.29 is 22.3 Å². The van der Waals surface area contributed by atoms with Crippen LogP contribution in [-0.4, -0.2) is 29.2 Å². The number of alkyl halides is 2. The van der Waals surface area contributed by atoms with Crippen LogP contribution >= 0.6 is 0 Å². The van der Waals surface area contributed by atoms with Crippen molar-refractivity contribution in [3.63, 3.8) is 0 Å². The van der Waals surface area contributed by atoms with Crippen molar-refractivity contribution in [1.29, 1.82) is 0 Å². The maximum atomic E-state index is 13.4. The standard InChI is InChI=1S/C11H11F4N3O/c12-6-3-7(13)10-8(4-6)18(11(16)17-10)1-2-19-5-9(14)15/h3-4,9H,1-2,5H2,(H2,16,17). The maximum absolute atomic E-state index is 13.4. The third-order valence-electron chi connectivity index (χ3n) is 2.50. The molecule has 2 N–H and O–H groups in total. The van der Waals surface area contributed by atoms with E-state index < -0.39 is 24.7 Å². The van der Waals surface area contributed by atoms with E-state index >= 15 is 0 Å². The van der Waals surface area contributed by atoms with E-state index in [1.807, 2.05) is 0 Å². The van der Waals surface area contributed by atoms with Gasteiger partial charge in [-0.25, -0.2) is 22.5 Å². The summed E-state index contributed by atoms with van der Waals surface area (Å²) in [6.45, 7) is -0.675. The van der Waals surface area contributed by atoms with Crippen molar-refractivity contribution in [2.24, 2.45) is 0 Å². The molecule has 2 aromatic rings. The van der Waals surface area contributed by atoms with Gasteiger partial charge in [-0.3, -0.25) is 0 Å². The second-order valence-electron chi connectivity index (χ2n) is 3.84. The highest BCUT2D eigenvalue weighted by molar-refractivity contribution is 5.79. The third kappa shape index (κ3) is 2.95. The van der Waals surface area contributed by atoms with E-state index in [9.17, 15) is 17.6 Å². The lowest BCUT2D eigenvalue weighted by Crippen LogP contribution is -2.12. The van der Waals surface area contributed by atoms with Gasteiger partial charge in [-0.05, 0) is 0 Å². The Kier molecular flexibility index (Phi) is 3.89. The molecule has 8 heteroatoms. The quantitative estimate of drug-likeness (QED) is 0.673. The van der Waals surface area contributed by atoms with Gasteiger partial charge in [-0.1, -0.05) is 0 Å². The highest BCUT2D eigenvalue weighted by Gasteiger charge is 2.13. The molecule has 0 unspecified atom stereocenters. The molecular weight excluding hydrogens is 266 g/mol. The summed E-state index contributed by atoms with van der Waals surface area (Å²) in [6.07, 6.45) is -2.56. The summed E-state index contributed by atoms with van der Waals surface area (Å²) in [7, 11) is 0. The van der Waals surface area contributed by atoms with E-state index in [-0.39, 0.29) is 30.1 Å². The predicted molar refractivity (Wildman–Crippen MR) is 60.9 cm³/mol. The van der Waals surface area contributed by atoms with Crippen LogP contribution in [0.5, 0.6) is 0 Å². The summed E-state index contributed by atoms with van der Waals surface area (Å²) in [4.78, 5) is 3.76. The lowest BCUT2D eigenvalue weighted by atomic mass is 10.3. The molecule has 0 bridgehead atoms. The fraction of sp³-hybridized carbons (Fsp3) is 0.364. The number of nitrogens with zero attached hydrogens (tertiary/aromatic N) is 2. The van der Waals surface area contributed by atoms with E-state index in [1.165, 1.54) is 4.57 Å². The minimum Gasteiger partial charge on any atom is -0.374 e. The van der Waals surface area contributed by atoms with Crippen LogP contribution in [0.3, 0.4) is 0 Å². The number of rotatable bonds is 5. The first-order valence-corrected chi connectivity index (χ1v) is 5.45. The third-order valence-corrected chi connectivity index (χ3v) is 2.50. The van der Waals surface area contributed by atoms with Crippen molar-refractivity contribution in [3.8, 4) is 0 Å². The fourth-order valence-electron chi connectivity index (χ4n) is 1.73. The Balaban J connectivity index is 2.20. The summed E-state index contributed by atoms with van der Waals surface area (Å²) < 4.78 is 56.3. The molecule has 0 spiro atoms. The molecule has 1 aromatic heterocycles. The number of aromatic nitrogens is 2. The summed E-state index contributed by atoms with van der Waals surface area (Å²) in [6, 6.07) is 1.78. The molecule has 0 aliphatic carbocycles. The molecule has 0 atom stereocenters. The van der Waals surface area contributed by atoms with Gasteiger partial charge >= 0.3 is 0 Å². The lowest BCUT2D eigenvalue weighted by molar-refractivity contribution is 0.0151. The Hall–Kier alpha value is -1.83. The number of hydrogen-bond acceptors (Lipinski definition) is 3. The molecule has 2 rings (SSSR count). The average molecular weight is 277 g/mol. The monoisotopic (exact) mass is 277 g/mol. The largest absolute Gasteiger partial charge is 0.374 e. The minimum atomic E-state index is -2.56. The SMILES string of the molecule is Nc1nc2c(F)cc(F)cc2n1CCOCC(F)F. The molecule has 1 aromatic carbocycles. The van der Waals surface area contributed by atoms with Crippen molar-refractivity contribution in [1.82, 2.24) is 9.55 Å². The Morgan fingerprint density at radius 3 is 2.74 bits per heavy atom. The molecule has 0 aliphatic rings. The van der Waals surface area contributed by atoms with Crippen LogP contribution in [0.2, 0.25) is 0 Å². The average Bonchev–Trinajstić information content (AvgIpc) is 2.62. The van der Waals surface area contributed by atoms with Gasteiger partial charge in [0.05, 0.1) is 12.1 Å². The molecule has 0 radical (unpaired) electrons. The smallest absolute Gasteiger partial charge is 0.261 e. The molecular formula is C11H11F4N3O. The molecule has 19 heavy (non-hydrogen) atoms. The number of fused-ring (bicyclic) bond motifs is 1. The molecule has 0 saturated carbocycles. The number of nitrogen functional groups attached to an aromatic ring is 1. The first-order valence-electron chi connectivity index (χ1n) is 5.45. The fourth-order valence-corrected chi connectivity index (χ4v) is 1.73. The van der Waals surface area contributed by atoms with E-state index in [0.29, 0.717) is 6.07 Å². The number of halogens is 4. The zero-order chi connectivity index (χ0) is 14.0. The van der Waals surface area contributed by atoms with Crippen LogP contribution in [0.1, 0.15) is 0 Å². The molecule has 0 aliphatic heterocycles. The number of imidazole rings is 1. The van der Waals surface area contributed by atoms with E-state index in [1.54, 1.807) is 0 Å². The van der Waals surface area contributed by atoms with Crippen LogP contribution in [0.15, 0.2) is 12.1 Å². The second-order valence-corrected chi connectivity index (χ2v) is 3.84. The van der Waals surface area contributed by atoms with Crippen LogP contribution in [-0.2, 0) is 11.3 Å². The van der Waals surface area contributed by atoms with Gasteiger partial charge in [0.2, 0.25) is 5.95 Å². The molecule has 0 fully saturated rings. The van der Waals surface area contributed by atoms with Crippen LogP contribution in [0.4, 0.5) is 23.5 Å². The van der Waals surface area contributed by atoms with E-state index in [2.05, 4.69) is 4.98 Å². The normalized spacial score (nSPS) is 11.6. The minimum absolute atomic E-state index is 0.0276. The van der Waals surface area contributed by atoms with E-state index in [4.69, 9.17) is 10.5 Å². The number of nitrogens with two attached hydrogens (primary N) is 1. The first-order chi connectivity index (χ1) is 8.99. The molecule has 1 heterocycles. The summed E-state index contributed by atoms with van der Waals surface area (Å²) >= 11 is 0. The van der Waals surface area contributed by atoms with Crippen molar-refractivity contribution in [2.75, 3.05) is 18.9 Å². The number of ether oxygens (including phenoxy) is 1. The highest BCUT2D eigenvalue weighted by atomic mass is 19.3. The first kappa shape index (κ1) is 13.6. The summed E-state index contributed by atoms with van der Waals surface area (Å²) in [5.41, 5.74) is 5.67. The van der Waals surface area contributed by atoms with E-state index in [0.717, 1.165) is 6.07 Å². The summed E-state index contributed by atoms with van der Waals surface area (Å²) in [5.74, 6) is -1.62. The zero-order valence-corrected chi connectivity index (χ0v) is 9.75. The van der Waals surface area contributed by atoms with Gasteiger partial charge in [0.1, 0.15) is 17.9 Å². The predicted octanol–water partition coefficient (Wildman–Crippen LogP) is 2.18. The van der Waals surface area contributed by atoms with Crippen molar-refractivity contribution in [3.05, 3.63) is 23.8 Å². The Morgan fingerprint density at radius 2 is 2.05 bits per heavy atom. The summed E-state index contributed by atoms with van der Waals surface area (Å²) in [5, 5.41) is 0. The highest BCUT2D eigenvalue weighted by Crippen LogP contribution is 2.22. The maximum Gasteiger partial charge on any atom is 0.261 e. The van der Waals surface area contributed by atoms with Gasteiger partial charge in [0.15, 0.2) is 5.82 Å². The lowest BCUT2D eigenvalue weighted by Gasteiger charge is -2.07. The van der Waals surface area contributed by atoms with Gasteiger partial charge in [-0.15, -0.1) is 0 Å². The molecule has 4 nitrogen and oxygen atoms in total. The number of benzene rings is 1. The molecule has 0 saturated heterocycles. The van der Waals surface area contributed by atoms with Crippen molar-refractivity contribution in [2.45, 2.75) is 13.0 Å². The number of hydrogen-bond donors (Lipinski definition) is 1. The van der Waals surface area contributed by atoms with Crippen molar-refractivity contribution >= 4 is 17.0 Å². The molecule has 0 amide bonds.